The highest BCUT2D eigenvalue weighted by Gasteiger charge is 2.11. The maximum Gasteiger partial charge on any atom is 0.147 e. The molecule has 0 saturated carbocycles. The van der Waals surface area contributed by atoms with Gasteiger partial charge in [-0.3, -0.25) is 0 Å². The standard InChI is InChI=1S/C21H16ClFN2O2/c1-25-20-12-16(27-15-7-9-17(22)18(23)11-15)8-10-19(20)24-21(25)13-26-14-5-3-2-4-6-14/h2-12H,13H2,1H3. The Kier molecular flexibility index (Phi) is 4.69. The van der Waals surface area contributed by atoms with E-state index in [2.05, 4.69) is 4.98 Å². The molecule has 0 saturated heterocycles. The lowest BCUT2D eigenvalue weighted by atomic mass is 10.3. The van der Waals surface area contributed by atoms with E-state index in [0.717, 1.165) is 22.6 Å². The van der Waals surface area contributed by atoms with Crippen LogP contribution in [-0.4, -0.2) is 9.55 Å². The molecule has 0 N–H and O–H groups in total. The molecule has 1 aromatic heterocycles. The summed E-state index contributed by atoms with van der Waals surface area (Å²) in [5.41, 5.74) is 1.73. The van der Waals surface area contributed by atoms with Gasteiger partial charge >= 0.3 is 0 Å². The van der Waals surface area contributed by atoms with Crippen molar-refractivity contribution in [3.8, 4) is 17.2 Å². The molecule has 4 rings (SSSR count). The number of imidazole rings is 1. The first-order valence-corrected chi connectivity index (χ1v) is 8.74. The summed E-state index contributed by atoms with van der Waals surface area (Å²) in [7, 11) is 1.92. The Labute approximate surface area is 160 Å². The van der Waals surface area contributed by atoms with Gasteiger partial charge in [0, 0.05) is 19.2 Å². The summed E-state index contributed by atoms with van der Waals surface area (Å²) in [6.45, 7) is 0.355. The predicted molar refractivity (Wildman–Crippen MR) is 103 cm³/mol. The van der Waals surface area contributed by atoms with E-state index in [1.54, 1.807) is 12.1 Å². The molecule has 4 aromatic rings. The molecule has 1 heterocycles. The van der Waals surface area contributed by atoms with E-state index in [9.17, 15) is 4.39 Å². The molecule has 0 aliphatic carbocycles. The summed E-state index contributed by atoms with van der Waals surface area (Å²) in [6.07, 6.45) is 0. The molecular weight excluding hydrogens is 367 g/mol. The molecule has 6 heteroatoms. The minimum atomic E-state index is -0.517. The first kappa shape index (κ1) is 17.4. The molecule has 0 radical (unpaired) electrons. The number of rotatable bonds is 5. The number of hydrogen-bond donors (Lipinski definition) is 0. The molecular formula is C21H16ClFN2O2. The number of aromatic nitrogens is 2. The highest BCUT2D eigenvalue weighted by atomic mass is 35.5. The molecule has 0 bridgehead atoms. The zero-order chi connectivity index (χ0) is 18.8. The quantitative estimate of drug-likeness (QED) is 0.441. The average Bonchev–Trinajstić information content (AvgIpc) is 2.99. The third kappa shape index (κ3) is 3.73. The summed E-state index contributed by atoms with van der Waals surface area (Å²) < 4.78 is 27.1. The first-order chi connectivity index (χ1) is 13.1. The van der Waals surface area contributed by atoms with Gasteiger partial charge in [0.05, 0.1) is 16.1 Å². The van der Waals surface area contributed by atoms with Gasteiger partial charge in [0.25, 0.3) is 0 Å². The van der Waals surface area contributed by atoms with Gasteiger partial charge < -0.3 is 14.0 Å². The van der Waals surface area contributed by atoms with Crippen molar-refractivity contribution in [1.29, 1.82) is 0 Å². The third-order valence-corrected chi connectivity index (χ3v) is 4.49. The summed E-state index contributed by atoms with van der Waals surface area (Å²) in [5, 5.41) is 0.0625. The normalized spacial score (nSPS) is 10.9. The zero-order valence-corrected chi connectivity index (χ0v) is 15.3. The van der Waals surface area contributed by atoms with Crippen LogP contribution < -0.4 is 9.47 Å². The number of benzene rings is 3. The van der Waals surface area contributed by atoms with Crippen molar-refractivity contribution in [1.82, 2.24) is 9.55 Å². The Morgan fingerprint density at radius 1 is 0.963 bits per heavy atom. The number of nitrogens with zero attached hydrogens (tertiary/aromatic N) is 2. The van der Waals surface area contributed by atoms with E-state index in [0.29, 0.717) is 18.1 Å². The highest BCUT2D eigenvalue weighted by molar-refractivity contribution is 6.30. The zero-order valence-electron chi connectivity index (χ0n) is 14.5. The van der Waals surface area contributed by atoms with E-state index < -0.39 is 5.82 Å². The minimum Gasteiger partial charge on any atom is -0.486 e. The van der Waals surface area contributed by atoms with Crippen LogP contribution in [0.4, 0.5) is 4.39 Å². The molecule has 3 aromatic carbocycles. The fraction of sp³-hybridized carbons (Fsp3) is 0.0952. The van der Waals surface area contributed by atoms with Crippen LogP contribution in [-0.2, 0) is 13.7 Å². The van der Waals surface area contributed by atoms with Crippen LogP contribution in [0.25, 0.3) is 11.0 Å². The van der Waals surface area contributed by atoms with E-state index >= 15 is 0 Å². The Balaban J connectivity index is 1.56. The molecule has 0 aliphatic rings. The van der Waals surface area contributed by atoms with Crippen LogP contribution in [0.3, 0.4) is 0 Å². The topological polar surface area (TPSA) is 36.3 Å². The second-order valence-electron chi connectivity index (χ2n) is 6.02. The maximum atomic E-state index is 13.6. The summed E-state index contributed by atoms with van der Waals surface area (Å²) in [5.74, 6) is 2.03. The molecule has 4 nitrogen and oxygen atoms in total. The van der Waals surface area contributed by atoms with Gasteiger partial charge in [-0.2, -0.15) is 0 Å². The van der Waals surface area contributed by atoms with E-state index in [1.165, 1.54) is 12.1 Å². The average molecular weight is 383 g/mol. The predicted octanol–water partition coefficient (Wildman–Crippen LogP) is 5.74. The SMILES string of the molecule is Cn1c(COc2ccccc2)nc2ccc(Oc3ccc(Cl)c(F)c3)cc21. The van der Waals surface area contributed by atoms with Crippen molar-refractivity contribution >= 4 is 22.6 Å². The molecule has 0 amide bonds. The van der Waals surface area contributed by atoms with Crippen molar-refractivity contribution in [2.75, 3.05) is 0 Å². The van der Waals surface area contributed by atoms with Gasteiger partial charge in [0.15, 0.2) is 0 Å². The van der Waals surface area contributed by atoms with Crippen molar-refractivity contribution in [3.63, 3.8) is 0 Å². The van der Waals surface area contributed by atoms with E-state index in [-0.39, 0.29) is 5.02 Å². The van der Waals surface area contributed by atoms with Crippen molar-refractivity contribution in [2.24, 2.45) is 7.05 Å². The van der Waals surface area contributed by atoms with Gasteiger partial charge in [-0.25, -0.2) is 9.37 Å². The van der Waals surface area contributed by atoms with Crippen LogP contribution >= 0.6 is 11.6 Å². The van der Waals surface area contributed by atoms with Gasteiger partial charge in [-0.15, -0.1) is 0 Å². The number of aryl methyl sites for hydroxylation is 1. The van der Waals surface area contributed by atoms with Crippen LogP contribution in [0.5, 0.6) is 17.2 Å². The van der Waals surface area contributed by atoms with Gasteiger partial charge in [-0.05, 0) is 36.4 Å². The summed E-state index contributed by atoms with van der Waals surface area (Å²) >= 11 is 5.71. The number of hydrogen-bond acceptors (Lipinski definition) is 3. The number of ether oxygens (including phenoxy) is 2. The Bertz CT molecular complexity index is 1100. The fourth-order valence-electron chi connectivity index (χ4n) is 2.75. The molecule has 0 spiro atoms. The number of para-hydroxylation sites is 1. The number of halogens is 2. The largest absolute Gasteiger partial charge is 0.486 e. The van der Waals surface area contributed by atoms with Gasteiger partial charge in [0.1, 0.15) is 35.5 Å². The number of fused-ring (bicyclic) bond motifs is 1. The molecule has 27 heavy (non-hydrogen) atoms. The Hall–Kier alpha value is -3.05. The summed E-state index contributed by atoms with van der Waals surface area (Å²) in [6, 6.07) is 19.5. The molecule has 0 unspecified atom stereocenters. The van der Waals surface area contributed by atoms with Gasteiger partial charge in [-0.1, -0.05) is 29.8 Å². The van der Waals surface area contributed by atoms with Crippen molar-refractivity contribution < 1.29 is 13.9 Å². The fourth-order valence-corrected chi connectivity index (χ4v) is 2.87. The summed E-state index contributed by atoms with van der Waals surface area (Å²) in [4.78, 5) is 4.61. The molecule has 0 fully saturated rings. The van der Waals surface area contributed by atoms with Crippen LogP contribution in [0, 0.1) is 5.82 Å². The van der Waals surface area contributed by atoms with Crippen molar-refractivity contribution in [2.45, 2.75) is 6.61 Å². The molecule has 136 valence electrons. The van der Waals surface area contributed by atoms with E-state index in [1.807, 2.05) is 54.1 Å². The first-order valence-electron chi connectivity index (χ1n) is 8.36. The van der Waals surface area contributed by atoms with Crippen LogP contribution in [0.2, 0.25) is 5.02 Å². The van der Waals surface area contributed by atoms with Gasteiger partial charge in [0.2, 0.25) is 0 Å². The Morgan fingerprint density at radius 2 is 1.70 bits per heavy atom. The minimum absolute atomic E-state index is 0.0625. The van der Waals surface area contributed by atoms with Crippen molar-refractivity contribution in [3.05, 3.63) is 83.4 Å². The lowest BCUT2D eigenvalue weighted by molar-refractivity contribution is 0.292. The smallest absolute Gasteiger partial charge is 0.147 e. The lowest BCUT2D eigenvalue weighted by Crippen LogP contribution is -2.03. The maximum absolute atomic E-state index is 13.6. The monoisotopic (exact) mass is 382 g/mol. The highest BCUT2D eigenvalue weighted by Crippen LogP contribution is 2.28. The molecule has 0 atom stereocenters. The Morgan fingerprint density at radius 3 is 2.48 bits per heavy atom. The second kappa shape index (κ2) is 7.29. The molecule has 0 aliphatic heterocycles. The van der Waals surface area contributed by atoms with Crippen LogP contribution in [0.15, 0.2) is 66.7 Å². The van der Waals surface area contributed by atoms with Crippen LogP contribution in [0.1, 0.15) is 5.82 Å². The third-order valence-electron chi connectivity index (χ3n) is 4.18. The van der Waals surface area contributed by atoms with E-state index in [4.69, 9.17) is 21.1 Å². The lowest BCUT2D eigenvalue weighted by Gasteiger charge is -2.07. The second-order valence-corrected chi connectivity index (χ2v) is 6.42.